The predicted octanol–water partition coefficient (Wildman–Crippen LogP) is 4.28. The van der Waals surface area contributed by atoms with Crippen LogP contribution in [-0.2, 0) is 6.54 Å². The van der Waals surface area contributed by atoms with Gasteiger partial charge in [0.1, 0.15) is 0 Å². The first kappa shape index (κ1) is 16.2. The topological polar surface area (TPSA) is 15.3 Å². The van der Waals surface area contributed by atoms with Gasteiger partial charge in [-0.25, -0.2) is 0 Å². The Morgan fingerprint density at radius 2 is 2.25 bits per heavy atom. The quantitative estimate of drug-likeness (QED) is 0.847. The van der Waals surface area contributed by atoms with Crippen molar-refractivity contribution in [3.05, 3.63) is 28.2 Å². The molecule has 2 rings (SSSR count). The number of benzene rings is 1. The molecule has 0 radical (unpaired) electrons. The van der Waals surface area contributed by atoms with Crippen LogP contribution in [-0.4, -0.2) is 30.1 Å². The number of nitrogens with zero attached hydrogens (tertiary/aromatic N) is 1. The molecule has 4 heteroatoms. The van der Waals surface area contributed by atoms with E-state index in [4.69, 9.17) is 0 Å². The van der Waals surface area contributed by atoms with Gasteiger partial charge in [0.15, 0.2) is 0 Å². The van der Waals surface area contributed by atoms with Crippen molar-refractivity contribution in [2.24, 2.45) is 0 Å². The summed E-state index contributed by atoms with van der Waals surface area (Å²) in [5.74, 6) is 1.24. The molecule has 1 aromatic rings. The molecule has 1 N–H and O–H groups in total. The number of hydrogen-bond acceptors (Lipinski definition) is 3. The van der Waals surface area contributed by atoms with Crippen molar-refractivity contribution in [1.29, 1.82) is 0 Å². The van der Waals surface area contributed by atoms with E-state index in [0.29, 0.717) is 6.04 Å². The van der Waals surface area contributed by atoms with E-state index in [1.54, 1.807) is 0 Å². The van der Waals surface area contributed by atoms with Crippen molar-refractivity contribution in [2.45, 2.75) is 45.0 Å². The lowest BCUT2D eigenvalue weighted by molar-refractivity contribution is 0.588. The lowest BCUT2D eigenvalue weighted by atomic mass is 10.1. The first-order chi connectivity index (χ1) is 9.60. The molecule has 0 bridgehead atoms. The zero-order valence-electron chi connectivity index (χ0n) is 12.7. The summed E-state index contributed by atoms with van der Waals surface area (Å²) in [6.45, 7) is 9.91. The zero-order chi connectivity index (χ0) is 14.5. The van der Waals surface area contributed by atoms with Gasteiger partial charge in [-0.2, -0.15) is 11.8 Å². The fourth-order valence-electron chi connectivity index (χ4n) is 2.39. The Bertz CT molecular complexity index is 436. The van der Waals surface area contributed by atoms with Gasteiger partial charge in [-0.1, -0.05) is 42.8 Å². The van der Waals surface area contributed by atoms with Crippen LogP contribution in [0.1, 0.15) is 32.8 Å². The Kier molecular flexibility index (Phi) is 6.24. The molecule has 1 aliphatic rings. The molecule has 0 saturated carbocycles. The molecule has 0 aliphatic carbocycles. The minimum absolute atomic E-state index is 0.519. The van der Waals surface area contributed by atoms with E-state index in [1.807, 2.05) is 0 Å². The third-order valence-electron chi connectivity index (χ3n) is 3.70. The third kappa shape index (κ3) is 4.40. The van der Waals surface area contributed by atoms with Crippen LogP contribution in [0.5, 0.6) is 0 Å². The number of thioether (sulfide) groups is 1. The second-order valence-electron chi connectivity index (χ2n) is 5.66. The van der Waals surface area contributed by atoms with Gasteiger partial charge < -0.3 is 10.2 Å². The molecular formula is C16H25BrN2S. The van der Waals surface area contributed by atoms with Crippen LogP contribution < -0.4 is 10.2 Å². The van der Waals surface area contributed by atoms with Crippen LogP contribution in [0.3, 0.4) is 0 Å². The van der Waals surface area contributed by atoms with Crippen molar-refractivity contribution in [2.75, 3.05) is 23.7 Å². The fraction of sp³-hybridized carbons (Fsp3) is 0.625. The smallest absolute Gasteiger partial charge is 0.0378 e. The van der Waals surface area contributed by atoms with Crippen LogP contribution in [0.4, 0.5) is 5.69 Å². The summed E-state index contributed by atoms with van der Waals surface area (Å²) in [7, 11) is 0. The molecular weight excluding hydrogens is 332 g/mol. The van der Waals surface area contributed by atoms with Crippen molar-refractivity contribution >= 4 is 33.4 Å². The minimum atomic E-state index is 0.519. The van der Waals surface area contributed by atoms with Crippen LogP contribution in [0.15, 0.2) is 22.7 Å². The Morgan fingerprint density at radius 1 is 1.45 bits per heavy atom. The van der Waals surface area contributed by atoms with E-state index in [9.17, 15) is 0 Å². The number of halogens is 1. The first-order valence-corrected chi connectivity index (χ1v) is 9.32. The van der Waals surface area contributed by atoms with Crippen molar-refractivity contribution in [3.63, 3.8) is 0 Å². The average molecular weight is 357 g/mol. The summed E-state index contributed by atoms with van der Waals surface area (Å²) in [5, 5.41) is 4.25. The van der Waals surface area contributed by atoms with E-state index in [1.165, 1.54) is 34.4 Å². The van der Waals surface area contributed by atoms with Gasteiger partial charge in [0.25, 0.3) is 0 Å². The maximum atomic E-state index is 3.72. The highest BCUT2D eigenvalue weighted by Gasteiger charge is 2.19. The summed E-state index contributed by atoms with van der Waals surface area (Å²) in [6.07, 6.45) is 1.26. The average Bonchev–Trinajstić information content (AvgIpc) is 2.46. The second-order valence-corrected chi connectivity index (χ2v) is 7.92. The molecule has 0 spiro atoms. The Labute approximate surface area is 135 Å². The maximum absolute atomic E-state index is 3.72. The van der Waals surface area contributed by atoms with E-state index < -0.39 is 0 Å². The molecule has 1 saturated heterocycles. The lowest BCUT2D eigenvalue weighted by Crippen LogP contribution is -2.37. The number of nitrogens with one attached hydrogen (secondary N) is 1. The fourth-order valence-corrected chi connectivity index (χ4v) is 4.08. The van der Waals surface area contributed by atoms with E-state index >= 15 is 0 Å². The standard InChI is InChI=1S/C16H25BrN2S/c1-4-15-11-19(7-8-20-15)14-6-5-13(16(17)9-14)10-18-12(2)3/h5-6,9,12,15,18H,4,7-8,10-11H2,1-3H3. The minimum Gasteiger partial charge on any atom is -0.370 e. The van der Waals surface area contributed by atoms with Gasteiger partial charge in [-0.3, -0.25) is 0 Å². The van der Waals surface area contributed by atoms with E-state index in [2.05, 4.69) is 76.9 Å². The number of rotatable bonds is 5. The summed E-state index contributed by atoms with van der Waals surface area (Å²) in [4.78, 5) is 2.52. The highest BCUT2D eigenvalue weighted by Crippen LogP contribution is 2.29. The molecule has 2 nitrogen and oxygen atoms in total. The molecule has 20 heavy (non-hydrogen) atoms. The largest absolute Gasteiger partial charge is 0.370 e. The van der Waals surface area contributed by atoms with Gasteiger partial charge in [0, 0.05) is 46.8 Å². The molecule has 0 amide bonds. The van der Waals surface area contributed by atoms with Gasteiger partial charge >= 0.3 is 0 Å². The summed E-state index contributed by atoms with van der Waals surface area (Å²) < 4.78 is 1.22. The summed E-state index contributed by atoms with van der Waals surface area (Å²) in [6, 6.07) is 7.31. The first-order valence-electron chi connectivity index (χ1n) is 7.48. The van der Waals surface area contributed by atoms with E-state index in [-0.39, 0.29) is 0 Å². The molecule has 1 unspecified atom stereocenters. The SMILES string of the molecule is CCC1CN(c2ccc(CNC(C)C)c(Br)c2)CCS1. The maximum Gasteiger partial charge on any atom is 0.0378 e. The van der Waals surface area contributed by atoms with Gasteiger partial charge in [0.05, 0.1) is 0 Å². The molecule has 1 heterocycles. The molecule has 0 aromatic heterocycles. The monoisotopic (exact) mass is 356 g/mol. The Morgan fingerprint density at radius 3 is 2.90 bits per heavy atom. The molecule has 1 aliphatic heterocycles. The van der Waals surface area contributed by atoms with E-state index in [0.717, 1.165) is 18.3 Å². The zero-order valence-corrected chi connectivity index (χ0v) is 15.1. The normalized spacial score (nSPS) is 19.6. The summed E-state index contributed by atoms with van der Waals surface area (Å²) >= 11 is 5.84. The highest BCUT2D eigenvalue weighted by atomic mass is 79.9. The van der Waals surface area contributed by atoms with Crippen molar-refractivity contribution in [1.82, 2.24) is 5.32 Å². The van der Waals surface area contributed by atoms with Crippen molar-refractivity contribution in [3.8, 4) is 0 Å². The lowest BCUT2D eigenvalue weighted by Gasteiger charge is -2.34. The van der Waals surface area contributed by atoms with Crippen LogP contribution in [0.2, 0.25) is 0 Å². The predicted molar refractivity (Wildman–Crippen MR) is 94.9 cm³/mol. The van der Waals surface area contributed by atoms with Gasteiger partial charge in [-0.15, -0.1) is 0 Å². The number of anilines is 1. The molecule has 112 valence electrons. The number of hydrogen-bond donors (Lipinski definition) is 1. The van der Waals surface area contributed by atoms with Crippen molar-refractivity contribution < 1.29 is 0 Å². The third-order valence-corrected chi connectivity index (χ3v) is 5.81. The molecule has 1 aromatic carbocycles. The Hall–Kier alpha value is -0.190. The Balaban J connectivity index is 2.04. The van der Waals surface area contributed by atoms with Crippen LogP contribution in [0, 0.1) is 0 Å². The summed E-state index contributed by atoms with van der Waals surface area (Å²) in [5.41, 5.74) is 2.68. The van der Waals surface area contributed by atoms with Gasteiger partial charge in [-0.05, 0) is 24.1 Å². The molecule has 1 fully saturated rings. The second kappa shape index (κ2) is 7.71. The molecule has 1 atom stereocenters. The van der Waals surface area contributed by atoms with Crippen LogP contribution >= 0.6 is 27.7 Å². The highest BCUT2D eigenvalue weighted by molar-refractivity contribution is 9.10. The van der Waals surface area contributed by atoms with Crippen LogP contribution in [0.25, 0.3) is 0 Å². The van der Waals surface area contributed by atoms with Gasteiger partial charge in [0.2, 0.25) is 0 Å².